The molecule has 1 aliphatic rings. The van der Waals surface area contributed by atoms with Crippen molar-refractivity contribution >= 4 is 5.91 Å². The lowest BCUT2D eigenvalue weighted by Crippen LogP contribution is -2.45. The van der Waals surface area contributed by atoms with E-state index in [1.807, 2.05) is 86.3 Å². The lowest BCUT2D eigenvalue weighted by Gasteiger charge is -2.39. The molecule has 0 bridgehead atoms. The van der Waals surface area contributed by atoms with Crippen molar-refractivity contribution in [3.63, 3.8) is 0 Å². The van der Waals surface area contributed by atoms with Gasteiger partial charge >= 0.3 is 0 Å². The van der Waals surface area contributed by atoms with Crippen molar-refractivity contribution in [2.24, 2.45) is 0 Å². The van der Waals surface area contributed by atoms with Crippen molar-refractivity contribution < 1.29 is 14.3 Å². The maximum atomic E-state index is 13.4. The Morgan fingerprint density at radius 1 is 0.967 bits per heavy atom. The molecule has 154 valence electrons. The molecule has 0 fully saturated rings. The van der Waals surface area contributed by atoms with Crippen LogP contribution in [0.25, 0.3) is 0 Å². The van der Waals surface area contributed by atoms with Crippen molar-refractivity contribution in [1.29, 1.82) is 0 Å². The van der Waals surface area contributed by atoms with Crippen molar-refractivity contribution in [2.75, 3.05) is 13.2 Å². The zero-order valence-electron chi connectivity index (χ0n) is 17.6. The fourth-order valence-electron chi connectivity index (χ4n) is 4.06. The first-order valence-electron chi connectivity index (χ1n) is 10.3. The molecule has 1 atom stereocenters. The van der Waals surface area contributed by atoms with Gasteiger partial charge in [-0.25, -0.2) is 0 Å². The minimum atomic E-state index is -0.770. The second-order valence-corrected chi connectivity index (χ2v) is 7.36. The Hall–Kier alpha value is -3.34. The van der Waals surface area contributed by atoms with Crippen LogP contribution in [0.4, 0.5) is 0 Å². The number of nitrogens with zero attached hydrogens (tertiary/aromatic N) is 2. The second-order valence-electron chi connectivity index (χ2n) is 7.36. The van der Waals surface area contributed by atoms with E-state index < -0.39 is 5.54 Å². The van der Waals surface area contributed by atoms with Crippen molar-refractivity contribution in [3.8, 4) is 11.5 Å². The summed E-state index contributed by atoms with van der Waals surface area (Å²) in [5.41, 5.74) is 2.73. The second kappa shape index (κ2) is 8.19. The normalized spacial score (nSPS) is 14.9. The summed E-state index contributed by atoms with van der Waals surface area (Å²) < 4.78 is 11.6. The predicted molar refractivity (Wildman–Crippen MR) is 116 cm³/mol. The van der Waals surface area contributed by atoms with Gasteiger partial charge in [-0.3, -0.25) is 9.78 Å². The quantitative estimate of drug-likeness (QED) is 0.570. The van der Waals surface area contributed by atoms with Gasteiger partial charge < -0.3 is 14.4 Å². The summed E-state index contributed by atoms with van der Waals surface area (Å²) in [7, 11) is 0. The summed E-state index contributed by atoms with van der Waals surface area (Å²) in [4.78, 5) is 19.9. The molecule has 0 N–H and O–H groups in total. The SMILES string of the molecule is CCOc1ccc([C@@](C)(c2ccccn2)N2Cc3ccccc3C2=O)cc1OCC. The lowest BCUT2D eigenvalue weighted by molar-refractivity contribution is 0.0600. The third-order valence-corrected chi connectivity index (χ3v) is 5.63. The third kappa shape index (κ3) is 3.30. The van der Waals surface area contributed by atoms with Crippen LogP contribution in [0.2, 0.25) is 0 Å². The van der Waals surface area contributed by atoms with Gasteiger partial charge in [-0.15, -0.1) is 0 Å². The molecule has 0 spiro atoms. The number of benzene rings is 2. The minimum absolute atomic E-state index is 0.00518. The highest BCUT2D eigenvalue weighted by Crippen LogP contribution is 2.42. The molecule has 1 aliphatic heterocycles. The molecule has 1 amide bonds. The lowest BCUT2D eigenvalue weighted by atomic mass is 9.85. The number of hydrogen-bond acceptors (Lipinski definition) is 4. The smallest absolute Gasteiger partial charge is 0.255 e. The van der Waals surface area contributed by atoms with E-state index in [0.29, 0.717) is 31.3 Å². The summed E-state index contributed by atoms with van der Waals surface area (Å²) in [6, 6.07) is 19.5. The first-order chi connectivity index (χ1) is 14.6. The highest BCUT2D eigenvalue weighted by atomic mass is 16.5. The number of rotatable bonds is 7. The number of amides is 1. The average Bonchev–Trinajstić information content (AvgIpc) is 3.12. The summed E-state index contributed by atoms with van der Waals surface area (Å²) in [6.07, 6.45) is 1.76. The van der Waals surface area contributed by atoms with Crippen LogP contribution in [-0.2, 0) is 12.1 Å². The van der Waals surface area contributed by atoms with Crippen LogP contribution in [0, 0.1) is 0 Å². The van der Waals surface area contributed by atoms with Crippen LogP contribution in [0.1, 0.15) is 48.0 Å². The van der Waals surface area contributed by atoms with E-state index in [-0.39, 0.29) is 5.91 Å². The molecule has 2 heterocycles. The van der Waals surface area contributed by atoms with Gasteiger partial charge in [0, 0.05) is 18.3 Å². The molecule has 0 radical (unpaired) electrons. The Kier molecular flexibility index (Phi) is 5.44. The molecule has 0 aliphatic carbocycles. The maximum absolute atomic E-state index is 13.4. The van der Waals surface area contributed by atoms with Gasteiger partial charge in [0.25, 0.3) is 5.91 Å². The van der Waals surface area contributed by atoms with E-state index in [1.54, 1.807) is 6.20 Å². The van der Waals surface area contributed by atoms with Crippen LogP contribution < -0.4 is 9.47 Å². The molecular formula is C25H26N2O3. The summed E-state index contributed by atoms with van der Waals surface area (Å²) in [6.45, 7) is 7.54. The number of pyridine rings is 1. The molecule has 1 aromatic heterocycles. The van der Waals surface area contributed by atoms with E-state index in [9.17, 15) is 4.79 Å². The van der Waals surface area contributed by atoms with Gasteiger partial charge in [0.05, 0.1) is 18.9 Å². The largest absolute Gasteiger partial charge is 0.490 e. The van der Waals surface area contributed by atoms with E-state index in [0.717, 1.165) is 22.4 Å². The van der Waals surface area contributed by atoms with E-state index in [4.69, 9.17) is 9.47 Å². The number of ether oxygens (including phenoxy) is 2. The van der Waals surface area contributed by atoms with Crippen LogP contribution in [-0.4, -0.2) is 29.0 Å². The van der Waals surface area contributed by atoms with Gasteiger partial charge in [-0.2, -0.15) is 0 Å². The Balaban J connectivity index is 1.86. The monoisotopic (exact) mass is 402 g/mol. The Morgan fingerprint density at radius 2 is 1.70 bits per heavy atom. The zero-order valence-corrected chi connectivity index (χ0v) is 17.6. The molecule has 5 nitrogen and oxygen atoms in total. The minimum Gasteiger partial charge on any atom is -0.490 e. The average molecular weight is 402 g/mol. The molecule has 2 aromatic carbocycles. The standard InChI is InChI=1S/C25H26N2O3/c1-4-29-21-14-13-19(16-22(21)30-5-2)25(3,23-12-8-9-15-26-23)27-17-18-10-6-7-11-20(18)24(27)28/h6-16H,4-5,17H2,1-3H3/t25-/m0/s1. The fourth-order valence-corrected chi connectivity index (χ4v) is 4.06. The van der Waals surface area contributed by atoms with Crippen LogP contribution >= 0.6 is 0 Å². The molecule has 4 rings (SSSR count). The summed E-state index contributed by atoms with van der Waals surface area (Å²) in [5, 5.41) is 0. The predicted octanol–water partition coefficient (Wildman–Crippen LogP) is 4.80. The van der Waals surface area contributed by atoms with Crippen molar-refractivity contribution in [2.45, 2.75) is 32.9 Å². The Morgan fingerprint density at radius 3 is 2.40 bits per heavy atom. The van der Waals surface area contributed by atoms with Gasteiger partial charge in [0.1, 0.15) is 5.54 Å². The summed E-state index contributed by atoms with van der Waals surface area (Å²) in [5.74, 6) is 1.37. The van der Waals surface area contributed by atoms with Crippen LogP contribution in [0.3, 0.4) is 0 Å². The number of aromatic nitrogens is 1. The molecule has 5 heteroatoms. The number of carbonyl (C=O) groups is 1. The van der Waals surface area contributed by atoms with E-state index in [2.05, 4.69) is 4.98 Å². The highest BCUT2D eigenvalue weighted by Gasteiger charge is 2.44. The van der Waals surface area contributed by atoms with Crippen molar-refractivity contribution in [3.05, 3.63) is 89.2 Å². The van der Waals surface area contributed by atoms with E-state index in [1.165, 1.54) is 0 Å². The van der Waals surface area contributed by atoms with Gasteiger partial charge in [0.2, 0.25) is 0 Å². The molecule has 3 aromatic rings. The van der Waals surface area contributed by atoms with Crippen LogP contribution in [0.15, 0.2) is 66.9 Å². The maximum Gasteiger partial charge on any atom is 0.255 e. The highest BCUT2D eigenvalue weighted by molar-refractivity contribution is 5.99. The number of fused-ring (bicyclic) bond motifs is 1. The van der Waals surface area contributed by atoms with Crippen LogP contribution in [0.5, 0.6) is 11.5 Å². The number of hydrogen-bond donors (Lipinski definition) is 0. The molecule has 0 saturated heterocycles. The molecule has 0 saturated carbocycles. The first kappa shape index (κ1) is 20.0. The zero-order chi connectivity index (χ0) is 21.1. The Bertz CT molecular complexity index is 1050. The van der Waals surface area contributed by atoms with Gasteiger partial charge in [0.15, 0.2) is 11.5 Å². The number of carbonyl (C=O) groups excluding carboxylic acids is 1. The fraction of sp³-hybridized carbons (Fsp3) is 0.280. The first-order valence-corrected chi connectivity index (χ1v) is 10.3. The van der Waals surface area contributed by atoms with E-state index >= 15 is 0 Å². The Labute approximate surface area is 177 Å². The molecule has 0 unspecified atom stereocenters. The summed E-state index contributed by atoms with van der Waals surface area (Å²) >= 11 is 0. The third-order valence-electron chi connectivity index (χ3n) is 5.63. The molecular weight excluding hydrogens is 376 g/mol. The molecule has 30 heavy (non-hydrogen) atoms. The van der Waals surface area contributed by atoms with Gasteiger partial charge in [-0.1, -0.05) is 30.3 Å². The van der Waals surface area contributed by atoms with Gasteiger partial charge in [-0.05, 0) is 62.2 Å². The topological polar surface area (TPSA) is 51.7 Å². The van der Waals surface area contributed by atoms with Crippen molar-refractivity contribution in [1.82, 2.24) is 9.88 Å².